The van der Waals surface area contributed by atoms with Gasteiger partial charge in [0, 0.05) is 17.8 Å². The number of hydrogen-bond donors (Lipinski definition) is 1. The number of allylic oxidation sites excluding steroid dienone is 1. The van der Waals surface area contributed by atoms with Gasteiger partial charge in [0.1, 0.15) is 6.10 Å². The number of nitrogens with one attached hydrogen (secondary N) is 1. The van der Waals surface area contributed by atoms with Gasteiger partial charge in [-0.25, -0.2) is 0 Å². The van der Waals surface area contributed by atoms with Gasteiger partial charge >= 0.3 is 0 Å². The normalized spacial score (nSPS) is 22.1. The van der Waals surface area contributed by atoms with Crippen LogP contribution in [-0.4, -0.2) is 30.2 Å². The van der Waals surface area contributed by atoms with Gasteiger partial charge in [-0.15, -0.1) is 0 Å². The Labute approximate surface area is 91.5 Å². The molecule has 0 fully saturated rings. The summed E-state index contributed by atoms with van der Waals surface area (Å²) in [4.78, 5) is 0. The fourth-order valence-electron chi connectivity index (χ4n) is 1.34. The molecular weight excluding hydrogens is 194 g/mol. The van der Waals surface area contributed by atoms with E-state index in [1.165, 1.54) is 0 Å². The maximum absolute atomic E-state index is 5.48. The average Bonchev–Trinajstić information content (AvgIpc) is 2.19. The van der Waals surface area contributed by atoms with Gasteiger partial charge in [0.25, 0.3) is 0 Å². The molecule has 14 heavy (non-hydrogen) atoms. The Morgan fingerprint density at radius 1 is 1.57 bits per heavy atom. The molecule has 0 spiro atoms. The van der Waals surface area contributed by atoms with E-state index in [2.05, 4.69) is 31.5 Å². The van der Waals surface area contributed by atoms with Crippen molar-refractivity contribution >= 4 is 11.8 Å². The molecule has 0 aliphatic carbocycles. The van der Waals surface area contributed by atoms with Crippen LogP contribution in [0.5, 0.6) is 0 Å². The molecule has 1 atom stereocenters. The predicted molar refractivity (Wildman–Crippen MR) is 63.7 cm³/mol. The van der Waals surface area contributed by atoms with E-state index in [0.29, 0.717) is 10.9 Å². The highest BCUT2D eigenvalue weighted by Gasteiger charge is 2.17. The Balaban J connectivity index is 2.11. The average molecular weight is 215 g/mol. The minimum atomic E-state index is 0.324. The van der Waals surface area contributed by atoms with Crippen LogP contribution < -0.4 is 5.32 Å². The highest BCUT2D eigenvalue weighted by Crippen LogP contribution is 2.19. The molecule has 1 aliphatic heterocycles. The van der Waals surface area contributed by atoms with Crippen LogP contribution in [0.4, 0.5) is 0 Å². The topological polar surface area (TPSA) is 21.3 Å². The van der Waals surface area contributed by atoms with E-state index in [0.717, 1.165) is 25.9 Å². The van der Waals surface area contributed by atoms with Crippen molar-refractivity contribution in [2.75, 3.05) is 19.3 Å². The van der Waals surface area contributed by atoms with Crippen molar-refractivity contribution in [2.24, 2.45) is 0 Å². The van der Waals surface area contributed by atoms with Crippen molar-refractivity contribution in [3.05, 3.63) is 12.3 Å². The summed E-state index contributed by atoms with van der Waals surface area (Å²) in [6, 6.07) is 0. The van der Waals surface area contributed by atoms with E-state index >= 15 is 0 Å². The zero-order valence-corrected chi connectivity index (χ0v) is 10.2. The lowest BCUT2D eigenvalue weighted by atomic mass is 10.1. The Bertz CT molecular complexity index is 192. The van der Waals surface area contributed by atoms with Crippen LogP contribution in [-0.2, 0) is 4.74 Å². The number of rotatable bonds is 5. The monoisotopic (exact) mass is 215 g/mol. The standard InChI is InChI=1S/C11H21NOS/c1-11(2,14-3)9-12-8-10-6-4-5-7-13-10/h5,7,10,12H,4,6,8-9H2,1-3H3. The van der Waals surface area contributed by atoms with Gasteiger partial charge in [-0.2, -0.15) is 11.8 Å². The fourth-order valence-corrected chi connectivity index (χ4v) is 1.59. The molecule has 1 aliphatic rings. The molecule has 82 valence electrons. The van der Waals surface area contributed by atoms with E-state index in [4.69, 9.17) is 4.74 Å². The lowest BCUT2D eigenvalue weighted by Gasteiger charge is -2.25. The molecule has 1 heterocycles. The second kappa shape index (κ2) is 5.66. The number of hydrogen-bond acceptors (Lipinski definition) is 3. The third-order valence-electron chi connectivity index (χ3n) is 2.50. The molecule has 0 aromatic heterocycles. The van der Waals surface area contributed by atoms with Crippen molar-refractivity contribution in [2.45, 2.75) is 37.5 Å². The Kier molecular flexibility index (Phi) is 4.82. The molecule has 0 aromatic rings. The molecule has 0 saturated carbocycles. The summed E-state index contributed by atoms with van der Waals surface area (Å²) in [5.74, 6) is 0. The maximum Gasteiger partial charge on any atom is 0.110 e. The minimum Gasteiger partial charge on any atom is -0.497 e. The SMILES string of the molecule is CSC(C)(C)CNCC1CCC=CO1. The molecule has 1 N–H and O–H groups in total. The van der Waals surface area contributed by atoms with Crippen molar-refractivity contribution in [1.82, 2.24) is 5.32 Å². The van der Waals surface area contributed by atoms with Crippen molar-refractivity contribution in [3.8, 4) is 0 Å². The van der Waals surface area contributed by atoms with Gasteiger partial charge in [-0.05, 0) is 39.0 Å². The molecule has 0 saturated heterocycles. The summed E-state index contributed by atoms with van der Waals surface area (Å²) in [7, 11) is 0. The summed E-state index contributed by atoms with van der Waals surface area (Å²) >= 11 is 1.90. The van der Waals surface area contributed by atoms with Crippen LogP contribution in [0.1, 0.15) is 26.7 Å². The molecule has 2 nitrogen and oxygen atoms in total. The van der Waals surface area contributed by atoms with Crippen molar-refractivity contribution in [3.63, 3.8) is 0 Å². The number of thioether (sulfide) groups is 1. The first-order valence-electron chi connectivity index (χ1n) is 5.20. The van der Waals surface area contributed by atoms with Crippen LogP contribution in [0, 0.1) is 0 Å². The van der Waals surface area contributed by atoms with Gasteiger partial charge in [0.05, 0.1) is 6.26 Å². The molecule has 0 aromatic carbocycles. The van der Waals surface area contributed by atoms with Crippen LogP contribution in [0.15, 0.2) is 12.3 Å². The minimum absolute atomic E-state index is 0.324. The van der Waals surface area contributed by atoms with E-state index < -0.39 is 0 Å². The van der Waals surface area contributed by atoms with E-state index in [1.807, 2.05) is 18.0 Å². The quantitative estimate of drug-likeness (QED) is 0.761. The third kappa shape index (κ3) is 4.38. The Morgan fingerprint density at radius 3 is 2.93 bits per heavy atom. The summed E-state index contributed by atoms with van der Waals surface area (Å²) < 4.78 is 5.80. The van der Waals surface area contributed by atoms with Crippen molar-refractivity contribution < 1.29 is 4.74 Å². The molecule has 3 heteroatoms. The van der Waals surface area contributed by atoms with Gasteiger partial charge in [0.2, 0.25) is 0 Å². The summed E-state index contributed by atoms with van der Waals surface area (Å²) in [5, 5.41) is 3.47. The van der Waals surface area contributed by atoms with E-state index in [1.54, 1.807) is 0 Å². The summed E-state index contributed by atoms with van der Waals surface area (Å²) in [5.41, 5.74) is 0. The largest absolute Gasteiger partial charge is 0.497 e. The first kappa shape index (κ1) is 11.9. The highest BCUT2D eigenvalue weighted by molar-refractivity contribution is 7.99. The van der Waals surface area contributed by atoms with E-state index in [9.17, 15) is 0 Å². The smallest absolute Gasteiger partial charge is 0.110 e. The third-order valence-corrected chi connectivity index (χ3v) is 3.75. The molecule has 0 amide bonds. The zero-order chi connectivity index (χ0) is 10.4. The Hall–Kier alpha value is -0.150. The molecule has 0 radical (unpaired) electrons. The fraction of sp³-hybridized carbons (Fsp3) is 0.818. The van der Waals surface area contributed by atoms with Crippen LogP contribution in [0.2, 0.25) is 0 Å². The van der Waals surface area contributed by atoms with E-state index in [-0.39, 0.29) is 0 Å². The van der Waals surface area contributed by atoms with Gasteiger partial charge in [-0.1, -0.05) is 0 Å². The highest BCUT2D eigenvalue weighted by atomic mass is 32.2. The van der Waals surface area contributed by atoms with Gasteiger partial charge in [0.15, 0.2) is 0 Å². The molecular formula is C11H21NOS. The van der Waals surface area contributed by atoms with Crippen LogP contribution >= 0.6 is 11.8 Å². The first-order chi connectivity index (χ1) is 6.64. The lowest BCUT2D eigenvalue weighted by Crippen LogP contribution is -2.37. The van der Waals surface area contributed by atoms with Gasteiger partial charge in [-0.3, -0.25) is 0 Å². The summed E-state index contributed by atoms with van der Waals surface area (Å²) in [6.45, 7) is 6.52. The van der Waals surface area contributed by atoms with Crippen LogP contribution in [0.3, 0.4) is 0 Å². The predicted octanol–water partition coefficient (Wildman–Crippen LogP) is 2.41. The lowest BCUT2D eigenvalue weighted by molar-refractivity contribution is 0.122. The molecule has 1 unspecified atom stereocenters. The second-order valence-corrected chi connectivity index (χ2v) is 5.82. The first-order valence-corrected chi connectivity index (χ1v) is 6.43. The summed E-state index contributed by atoms with van der Waals surface area (Å²) in [6.07, 6.45) is 8.73. The Morgan fingerprint density at radius 2 is 2.36 bits per heavy atom. The molecule has 0 bridgehead atoms. The number of ether oxygens (including phenoxy) is 1. The maximum atomic E-state index is 5.48. The molecule has 1 rings (SSSR count). The van der Waals surface area contributed by atoms with Gasteiger partial charge < -0.3 is 10.1 Å². The van der Waals surface area contributed by atoms with Crippen LogP contribution in [0.25, 0.3) is 0 Å². The van der Waals surface area contributed by atoms with Crippen molar-refractivity contribution in [1.29, 1.82) is 0 Å². The zero-order valence-electron chi connectivity index (χ0n) is 9.38. The second-order valence-electron chi connectivity index (χ2n) is 4.30.